The van der Waals surface area contributed by atoms with E-state index in [4.69, 9.17) is 17.3 Å². The third kappa shape index (κ3) is 3.84. The van der Waals surface area contributed by atoms with Gasteiger partial charge in [-0.3, -0.25) is 0 Å². The zero-order chi connectivity index (χ0) is 14.0. The maximum Gasteiger partial charge on any atom is 0.240 e. The number of halogens is 1. The van der Waals surface area contributed by atoms with Crippen molar-refractivity contribution in [3.8, 4) is 0 Å². The summed E-state index contributed by atoms with van der Waals surface area (Å²) in [5.41, 5.74) is 6.66. The number of nitrogens with one attached hydrogen (secondary N) is 1. The Morgan fingerprint density at radius 2 is 2.11 bits per heavy atom. The second kappa shape index (κ2) is 5.69. The molecule has 0 radical (unpaired) electrons. The predicted octanol–water partition coefficient (Wildman–Crippen LogP) is 2.70. The van der Waals surface area contributed by atoms with Crippen molar-refractivity contribution in [1.82, 2.24) is 4.72 Å². The van der Waals surface area contributed by atoms with Crippen molar-refractivity contribution in [2.75, 3.05) is 12.3 Å². The normalized spacial score (nSPS) is 15.7. The first kappa shape index (κ1) is 14.6. The van der Waals surface area contributed by atoms with E-state index in [1.807, 2.05) is 0 Å². The molecule has 0 amide bonds. The number of anilines is 1. The highest BCUT2D eigenvalue weighted by molar-refractivity contribution is 7.89. The van der Waals surface area contributed by atoms with Crippen LogP contribution >= 0.6 is 11.6 Å². The second-order valence-corrected chi connectivity index (χ2v) is 7.27. The molecule has 4 nitrogen and oxygen atoms in total. The van der Waals surface area contributed by atoms with E-state index in [0.29, 0.717) is 22.8 Å². The number of nitrogens with two attached hydrogens (primary N) is 1. The predicted molar refractivity (Wildman–Crippen MR) is 77.7 cm³/mol. The Balaban J connectivity index is 2.01. The van der Waals surface area contributed by atoms with Crippen molar-refractivity contribution in [1.29, 1.82) is 0 Å². The third-order valence-corrected chi connectivity index (χ3v) is 5.30. The summed E-state index contributed by atoms with van der Waals surface area (Å²) in [6.45, 7) is 2.21. The SMILES string of the molecule is Cc1cc(S(=O)(=O)NCCCC2CC2)cc(N)c1Cl. The van der Waals surface area contributed by atoms with Gasteiger partial charge in [0.1, 0.15) is 0 Å². The van der Waals surface area contributed by atoms with Gasteiger partial charge in [-0.05, 0) is 43.4 Å². The molecule has 1 aliphatic rings. The molecule has 3 N–H and O–H groups in total. The van der Waals surface area contributed by atoms with E-state index in [2.05, 4.69) is 4.72 Å². The molecule has 1 aromatic carbocycles. The molecule has 2 rings (SSSR count). The Hall–Kier alpha value is -0.780. The fraction of sp³-hybridized carbons (Fsp3) is 0.538. The van der Waals surface area contributed by atoms with Crippen LogP contribution in [-0.4, -0.2) is 15.0 Å². The quantitative estimate of drug-likeness (QED) is 0.627. The van der Waals surface area contributed by atoms with Gasteiger partial charge >= 0.3 is 0 Å². The van der Waals surface area contributed by atoms with E-state index >= 15 is 0 Å². The molecule has 0 atom stereocenters. The van der Waals surface area contributed by atoms with Gasteiger partial charge in [-0.25, -0.2) is 13.1 Å². The van der Waals surface area contributed by atoms with Crippen LogP contribution in [0.4, 0.5) is 5.69 Å². The number of nitrogen functional groups attached to an aromatic ring is 1. The number of hydrogen-bond donors (Lipinski definition) is 2. The fourth-order valence-corrected chi connectivity index (χ4v) is 3.31. The molecule has 6 heteroatoms. The van der Waals surface area contributed by atoms with Crippen LogP contribution in [0.25, 0.3) is 0 Å². The van der Waals surface area contributed by atoms with Gasteiger partial charge in [0.05, 0.1) is 15.6 Å². The van der Waals surface area contributed by atoms with Crippen molar-refractivity contribution < 1.29 is 8.42 Å². The fourth-order valence-electron chi connectivity index (χ4n) is 2.00. The molecule has 0 unspecified atom stereocenters. The van der Waals surface area contributed by atoms with Crippen LogP contribution in [0.2, 0.25) is 5.02 Å². The van der Waals surface area contributed by atoms with Crippen LogP contribution < -0.4 is 10.5 Å². The summed E-state index contributed by atoms with van der Waals surface area (Å²) >= 11 is 5.93. The first-order valence-corrected chi connectivity index (χ1v) is 8.31. The van der Waals surface area contributed by atoms with Gasteiger partial charge < -0.3 is 5.73 Å². The van der Waals surface area contributed by atoms with Crippen LogP contribution in [-0.2, 0) is 10.0 Å². The van der Waals surface area contributed by atoms with Crippen molar-refractivity contribution >= 4 is 27.3 Å². The lowest BCUT2D eigenvalue weighted by Crippen LogP contribution is -2.25. The summed E-state index contributed by atoms with van der Waals surface area (Å²) in [4.78, 5) is 0.179. The van der Waals surface area contributed by atoms with Gasteiger partial charge in [0.25, 0.3) is 0 Å². The van der Waals surface area contributed by atoms with Crippen LogP contribution in [0.5, 0.6) is 0 Å². The molecule has 1 aliphatic carbocycles. The Morgan fingerprint density at radius 3 is 2.68 bits per heavy atom. The van der Waals surface area contributed by atoms with E-state index in [-0.39, 0.29) is 4.90 Å². The van der Waals surface area contributed by atoms with Crippen LogP contribution in [0.1, 0.15) is 31.2 Å². The van der Waals surface area contributed by atoms with Crippen molar-refractivity contribution in [2.45, 2.75) is 37.5 Å². The molecule has 106 valence electrons. The molecule has 0 bridgehead atoms. The largest absolute Gasteiger partial charge is 0.397 e. The lowest BCUT2D eigenvalue weighted by Gasteiger charge is -2.10. The van der Waals surface area contributed by atoms with Gasteiger partial charge in [0, 0.05) is 6.54 Å². The number of benzene rings is 1. The molecule has 0 spiro atoms. The Kier molecular flexibility index (Phi) is 4.38. The maximum absolute atomic E-state index is 12.1. The maximum atomic E-state index is 12.1. The van der Waals surface area contributed by atoms with Gasteiger partial charge in [0.2, 0.25) is 10.0 Å². The zero-order valence-corrected chi connectivity index (χ0v) is 12.5. The lowest BCUT2D eigenvalue weighted by molar-refractivity contribution is 0.572. The van der Waals surface area contributed by atoms with E-state index in [0.717, 1.165) is 18.8 Å². The minimum absolute atomic E-state index is 0.179. The number of aryl methyl sites for hydroxylation is 1. The second-order valence-electron chi connectivity index (χ2n) is 5.13. The van der Waals surface area contributed by atoms with E-state index in [1.165, 1.54) is 18.9 Å². The molecule has 1 saturated carbocycles. The monoisotopic (exact) mass is 302 g/mol. The minimum atomic E-state index is -3.49. The van der Waals surface area contributed by atoms with Crippen LogP contribution in [0, 0.1) is 12.8 Å². The Morgan fingerprint density at radius 1 is 1.42 bits per heavy atom. The minimum Gasteiger partial charge on any atom is -0.397 e. The molecule has 0 aromatic heterocycles. The Labute approximate surface area is 119 Å². The molecule has 1 aromatic rings. The summed E-state index contributed by atoms with van der Waals surface area (Å²) in [6.07, 6.45) is 4.57. The standard InChI is InChI=1S/C13H19ClN2O2S/c1-9-7-11(8-12(15)13(9)14)19(17,18)16-6-2-3-10-4-5-10/h7-8,10,16H,2-6,15H2,1H3. The summed E-state index contributed by atoms with van der Waals surface area (Å²) in [5.74, 6) is 0.818. The topological polar surface area (TPSA) is 72.2 Å². The molecule has 19 heavy (non-hydrogen) atoms. The highest BCUT2D eigenvalue weighted by Gasteiger charge is 2.21. The van der Waals surface area contributed by atoms with Crippen molar-refractivity contribution in [3.63, 3.8) is 0 Å². The average Bonchev–Trinajstić information content (AvgIpc) is 3.15. The summed E-state index contributed by atoms with van der Waals surface area (Å²) in [5, 5.41) is 0.410. The molecule has 0 aliphatic heterocycles. The Bertz CT molecular complexity index is 545. The molecular formula is C13H19ClN2O2S. The lowest BCUT2D eigenvalue weighted by atomic mass is 10.2. The smallest absolute Gasteiger partial charge is 0.240 e. The summed E-state index contributed by atoms with van der Waals surface area (Å²) < 4.78 is 26.8. The first-order chi connectivity index (χ1) is 8.90. The highest BCUT2D eigenvalue weighted by Crippen LogP contribution is 2.33. The number of hydrogen-bond acceptors (Lipinski definition) is 3. The van der Waals surface area contributed by atoms with Crippen molar-refractivity contribution in [2.24, 2.45) is 5.92 Å². The molecular weight excluding hydrogens is 284 g/mol. The van der Waals surface area contributed by atoms with E-state index < -0.39 is 10.0 Å². The van der Waals surface area contributed by atoms with E-state index in [9.17, 15) is 8.42 Å². The highest BCUT2D eigenvalue weighted by atomic mass is 35.5. The number of rotatable bonds is 6. The summed E-state index contributed by atoms with van der Waals surface area (Å²) in [6, 6.07) is 2.94. The third-order valence-electron chi connectivity index (χ3n) is 3.34. The number of sulfonamides is 1. The van der Waals surface area contributed by atoms with Gasteiger partial charge in [-0.1, -0.05) is 24.4 Å². The zero-order valence-electron chi connectivity index (χ0n) is 10.9. The van der Waals surface area contributed by atoms with E-state index in [1.54, 1.807) is 13.0 Å². The van der Waals surface area contributed by atoms with Crippen LogP contribution in [0.15, 0.2) is 17.0 Å². The van der Waals surface area contributed by atoms with Gasteiger partial charge in [0.15, 0.2) is 0 Å². The van der Waals surface area contributed by atoms with Gasteiger partial charge in [-0.15, -0.1) is 0 Å². The molecule has 0 saturated heterocycles. The first-order valence-electron chi connectivity index (χ1n) is 6.45. The van der Waals surface area contributed by atoms with Crippen molar-refractivity contribution in [3.05, 3.63) is 22.7 Å². The average molecular weight is 303 g/mol. The van der Waals surface area contributed by atoms with Crippen LogP contribution in [0.3, 0.4) is 0 Å². The molecule has 0 heterocycles. The van der Waals surface area contributed by atoms with Gasteiger partial charge in [-0.2, -0.15) is 0 Å². The summed E-state index contributed by atoms with van der Waals surface area (Å²) in [7, 11) is -3.49. The molecule has 1 fully saturated rings.